The fourth-order valence-electron chi connectivity index (χ4n) is 5.80. The van der Waals surface area contributed by atoms with E-state index in [1.54, 1.807) is 27.4 Å². The first-order valence-electron chi connectivity index (χ1n) is 14.7. The molecule has 2 N–H and O–H groups in total. The highest BCUT2D eigenvalue weighted by atomic mass is 35.5. The number of fused-ring (bicyclic) bond motifs is 1. The molecule has 228 valence electrons. The van der Waals surface area contributed by atoms with Crippen LogP contribution in [0.1, 0.15) is 40.2 Å². The summed E-state index contributed by atoms with van der Waals surface area (Å²) in [4.78, 5) is 26.6. The molecule has 5 rings (SSSR count). The molecule has 4 aromatic rings. The number of methoxy groups -OCH3 is 3. The average Bonchev–Trinajstić information content (AvgIpc) is 3.32. The topological polar surface area (TPSA) is 92.0 Å². The van der Waals surface area contributed by atoms with Gasteiger partial charge in [0.2, 0.25) is 11.7 Å². The number of aromatic nitrogens is 2. The molecule has 0 spiro atoms. The second-order valence-electron chi connectivity index (χ2n) is 10.8. The van der Waals surface area contributed by atoms with Gasteiger partial charge in [-0.2, -0.15) is 0 Å². The zero-order valence-corrected chi connectivity index (χ0v) is 26.0. The number of halogens is 1. The van der Waals surface area contributed by atoms with Gasteiger partial charge < -0.3 is 34.3 Å². The summed E-state index contributed by atoms with van der Waals surface area (Å²) >= 11 is 6.21. The van der Waals surface area contributed by atoms with E-state index in [1.807, 2.05) is 37.3 Å². The minimum Gasteiger partial charge on any atom is -0.493 e. The molecule has 0 radical (unpaired) electrons. The summed E-state index contributed by atoms with van der Waals surface area (Å²) in [5.74, 6) is 2.26. The lowest BCUT2D eigenvalue weighted by Crippen LogP contribution is -2.34. The number of nitrogens with one attached hydrogen (secondary N) is 2. The van der Waals surface area contributed by atoms with Crippen molar-refractivity contribution in [3.05, 3.63) is 76.3 Å². The molecule has 1 unspecified atom stereocenters. The van der Waals surface area contributed by atoms with Gasteiger partial charge >= 0.3 is 0 Å². The van der Waals surface area contributed by atoms with Crippen LogP contribution in [-0.4, -0.2) is 81.4 Å². The molecule has 1 amide bonds. The molecule has 1 aliphatic rings. The molecular weight excluding hydrogens is 566 g/mol. The zero-order chi connectivity index (χ0) is 30.3. The van der Waals surface area contributed by atoms with Crippen molar-refractivity contribution in [2.24, 2.45) is 0 Å². The van der Waals surface area contributed by atoms with Gasteiger partial charge in [0.05, 0.1) is 32.4 Å². The maximum atomic E-state index is 13.5. The highest BCUT2D eigenvalue weighted by Crippen LogP contribution is 2.41. The molecule has 9 nitrogen and oxygen atoms in total. The van der Waals surface area contributed by atoms with Crippen LogP contribution in [0.2, 0.25) is 5.02 Å². The van der Waals surface area contributed by atoms with Gasteiger partial charge in [0.1, 0.15) is 0 Å². The van der Waals surface area contributed by atoms with Gasteiger partial charge in [-0.1, -0.05) is 35.9 Å². The monoisotopic (exact) mass is 605 g/mol. The summed E-state index contributed by atoms with van der Waals surface area (Å²) in [6.45, 7) is 7.07. The Balaban J connectivity index is 1.25. The summed E-state index contributed by atoms with van der Waals surface area (Å²) in [6.07, 6.45) is 1.95. The third-order valence-electron chi connectivity index (χ3n) is 8.23. The van der Waals surface area contributed by atoms with Crippen LogP contribution in [0.3, 0.4) is 0 Å². The SMILES string of the molecule is COc1cc(C(=O)NCC(CCN2CCCN(c3nc4ccccc4[nH]3)CC2)c2ccc(Cl)cc2)c(C)c(OC)c1OC. The molecule has 1 saturated heterocycles. The number of anilines is 1. The summed E-state index contributed by atoms with van der Waals surface area (Å²) in [5.41, 5.74) is 4.38. The van der Waals surface area contributed by atoms with E-state index >= 15 is 0 Å². The van der Waals surface area contributed by atoms with Crippen molar-refractivity contribution in [3.8, 4) is 17.2 Å². The highest BCUT2D eigenvalue weighted by Gasteiger charge is 2.24. The van der Waals surface area contributed by atoms with E-state index in [-0.39, 0.29) is 11.8 Å². The predicted octanol–water partition coefficient (Wildman–Crippen LogP) is 5.67. The Morgan fingerprint density at radius 2 is 1.77 bits per heavy atom. The number of rotatable bonds is 11. The second-order valence-corrected chi connectivity index (χ2v) is 11.3. The number of nitrogens with zero attached hydrogens (tertiary/aromatic N) is 3. The fourth-order valence-corrected chi connectivity index (χ4v) is 5.93. The van der Waals surface area contributed by atoms with Gasteiger partial charge in [0, 0.05) is 48.2 Å². The van der Waals surface area contributed by atoms with E-state index < -0.39 is 0 Å². The Morgan fingerprint density at radius 1 is 1.00 bits per heavy atom. The second kappa shape index (κ2) is 14.0. The molecule has 1 atom stereocenters. The smallest absolute Gasteiger partial charge is 0.251 e. The predicted molar refractivity (Wildman–Crippen MR) is 171 cm³/mol. The van der Waals surface area contributed by atoms with Crippen LogP contribution < -0.4 is 24.4 Å². The van der Waals surface area contributed by atoms with E-state index in [0.29, 0.717) is 39.9 Å². The van der Waals surface area contributed by atoms with Crippen LogP contribution >= 0.6 is 11.6 Å². The first kappa shape index (κ1) is 30.5. The number of carbonyl (C=O) groups excluding carboxylic acids is 1. The molecule has 1 fully saturated rings. The number of hydrogen-bond acceptors (Lipinski definition) is 7. The number of ether oxygens (including phenoxy) is 3. The molecule has 0 aliphatic carbocycles. The van der Waals surface area contributed by atoms with E-state index in [0.717, 1.165) is 68.1 Å². The number of para-hydroxylation sites is 2. The number of carbonyl (C=O) groups is 1. The Labute approximate surface area is 258 Å². The van der Waals surface area contributed by atoms with Gasteiger partial charge in [-0.3, -0.25) is 4.79 Å². The zero-order valence-electron chi connectivity index (χ0n) is 25.3. The van der Waals surface area contributed by atoms with E-state index in [1.165, 1.54) is 0 Å². The molecule has 1 aromatic heterocycles. The largest absolute Gasteiger partial charge is 0.493 e. The lowest BCUT2D eigenvalue weighted by Gasteiger charge is -2.25. The van der Waals surface area contributed by atoms with E-state index in [2.05, 4.69) is 38.3 Å². The van der Waals surface area contributed by atoms with E-state index in [9.17, 15) is 4.79 Å². The van der Waals surface area contributed by atoms with Crippen molar-refractivity contribution in [1.29, 1.82) is 0 Å². The van der Waals surface area contributed by atoms with Gasteiger partial charge in [0.15, 0.2) is 11.5 Å². The molecule has 0 saturated carbocycles. The van der Waals surface area contributed by atoms with E-state index in [4.69, 9.17) is 30.8 Å². The lowest BCUT2D eigenvalue weighted by atomic mass is 9.95. The normalized spacial score (nSPS) is 14.8. The van der Waals surface area contributed by atoms with Crippen molar-refractivity contribution in [2.45, 2.75) is 25.7 Å². The van der Waals surface area contributed by atoms with Crippen molar-refractivity contribution in [2.75, 3.05) is 65.5 Å². The Morgan fingerprint density at radius 3 is 2.49 bits per heavy atom. The molecule has 1 aliphatic heterocycles. The third-order valence-corrected chi connectivity index (χ3v) is 8.48. The van der Waals surface area contributed by atoms with Gasteiger partial charge in [-0.25, -0.2) is 4.98 Å². The molecule has 0 bridgehead atoms. The summed E-state index contributed by atoms with van der Waals surface area (Å²) in [6, 6.07) is 17.8. The average molecular weight is 606 g/mol. The Kier molecular flexibility index (Phi) is 9.94. The highest BCUT2D eigenvalue weighted by molar-refractivity contribution is 6.30. The minimum absolute atomic E-state index is 0.110. The first-order chi connectivity index (χ1) is 20.9. The van der Waals surface area contributed by atoms with Crippen LogP contribution in [-0.2, 0) is 0 Å². The maximum Gasteiger partial charge on any atom is 0.251 e. The summed E-state index contributed by atoms with van der Waals surface area (Å²) in [7, 11) is 4.65. The number of hydrogen-bond donors (Lipinski definition) is 2. The summed E-state index contributed by atoms with van der Waals surface area (Å²) < 4.78 is 16.5. The number of imidazole rings is 1. The molecular formula is C33H40ClN5O4. The standard InChI is InChI=1S/C33H40ClN5O4/c1-22-26(20-29(41-2)31(43-4)30(22)42-3)32(40)35-21-24(23-10-12-25(34)13-11-23)14-17-38-15-7-16-39(19-18-38)33-36-27-8-5-6-9-28(27)37-33/h5-6,8-13,20,24H,7,14-19,21H2,1-4H3,(H,35,40)(H,36,37). The minimum atomic E-state index is -0.188. The van der Waals surface area contributed by atoms with Crippen molar-refractivity contribution < 1.29 is 19.0 Å². The number of H-pyrrole nitrogens is 1. The maximum absolute atomic E-state index is 13.5. The number of amides is 1. The fraction of sp³-hybridized carbons (Fsp3) is 0.394. The molecule has 2 heterocycles. The van der Waals surface area contributed by atoms with Crippen molar-refractivity contribution in [1.82, 2.24) is 20.2 Å². The van der Waals surface area contributed by atoms with Crippen LogP contribution in [0.25, 0.3) is 11.0 Å². The van der Waals surface area contributed by atoms with Crippen LogP contribution in [0.5, 0.6) is 17.2 Å². The third kappa shape index (κ3) is 7.00. The molecule has 10 heteroatoms. The van der Waals surface area contributed by atoms with Gasteiger partial charge in [-0.05, 0) is 68.8 Å². The molecule has 43 heavy (non-hydrogen) atoms. The van der Waals surface area contributed by atoms with Gasteiger partial charge in [0.25, 0.3) is 5.91 Å². The number of benzene rings is 3. The van der Waals surface area contributed by atoms with Crippen LogP contribution in [0, 0.1) is 6.92 Å². The Bertz CT molecular complexity index is 1510. The van der Waals surface area contributed by atoms with Crippen LogP contribution in [0.4, 0.5) is 5.95 Å². The lowest BCUT2D eigenvalue weighted by molar-refractivity contribution is 0.0948. The molecule has 3 aromatic carbocycles. The Hall–Kier alpha value is -3.95. The van der Waals surface area contributed by atoms with Crippen molar-refractivity contribution in [3.63, 3.8) is 0 Å². The first-order valence-corrected chi connectivity index (χ1v) is 15.0. The van der Waals surface area contributed by atoms with Crippen LogP contribution in [0.15, 0.2) is 54.6 Å². The van der Waals surface area contributed by atoms with Crippen molar-refractivity contribution >= 4 is 34.5 Å². The quantitative estimate of drug-likeness (QED) is 0.228. The number of aromatic amines is 1. The van der Waals surface area contributed by atoms with Gasteiger partial charge in [-0.15, -0.1) is 0 Å². The summed E-state index contributed by atoms with van der Waals surface area (Å²) in [5, 5.41) is 3.86.